The summed E-state index contributed by atoms with van der Waals surface area (Å²) in [7, 11) is 0. The molecule has 1 heterocycles. The Morgan fingerprint density at radius 2 is 2.11 bits per heavy atom. The lowest BCUT2D eigenvalue weighted by molar-refractivity contribution is -0.143. The number of carboxylic acid groups (broad SMARTS) is 1. The fourth-order valence-corrected chi connectivity index (χ4v) is 1.64. The van der Waals surface area contributed by atoms with Crippen LogP contribution in [-0.4, -0.2) is 27.1 Å². The smallest absolute Gasteiger partial charge is 0.329 e. The summed E-state index contributed by atoms with van der Waals surface area (Å²) >= 11 is 0. The Morgan fingerprint density at radius 3 is 2.56 bits per heavy atom. The van der Waals surface area contributed by atoms with Gasteiger partial charge in [0, 0.05) is 12.2 Å². The fourth-order valence-electron chi connectivity index (χ4n) is 1.64. The molecule has 0 aliphatic carbocycles. The number of rotatable bonds is 5. The Morgan fingerprint density at radius 1 is 1.50 bits per heavy atom. The minimum absolute atomic E-state index is 0.151. The van der Waals surface area contributed by atoms with E-state index in [1.807, 2.05) is 24.6 Å². The summed E-state index contributed by atoms with van der Waals surface area (Å²) in [5.41, 5.74) is -0.755. The highest BCUT2D eigenvalue weighted by Crippen LogP contribution is 2.14. The van der Waals surface area contributed by atoms with Crippen LogP contribution >= 0.6 is 0 Å². The van der Waals surface area contributed by atoms with E-state index in [2.05, 4.69) is 5.32 Å². The summed E-state index contributed by atoms with van der Waals surface area (Å²) in [5.74, 6) is -1.39. The lowest BCUT2D eigenvalue weighted by atomic mass is 9.99. The molecule has 1 atom stereocenters. The molecule has 0 aliphatic rings. The normalized spacial score (nSPS) is 14.3. The van der Waals surface area contributed by atoms with Crippen LogP contribution in [0.3, 0.4) is 0 Å². The van der Waals surface area contributed by atoms with E-state index in [1.54, 1.807) is 19.1 Å². The molecule has 0 saturated carbocycles. The number of amides is 1. The number of aliphatic carboxylic acids is 1. The lowest BCUT2D eigenvalue weighted by Gasteiger charge is -2.25. The van der Waals surface area contributed by atoms with Crippen LogP contribution < -0.4 is 5.32 Å². The highest BCUT2D eigenvalue weighted by atomic mass is 16.4. The summed E-state index contributed by atoms with van der Waals surface area (Å²) in [6.45, 7) is 7.17. The Hall–Kier alpha value is -1.78. The number of nitrogens with zero attached hydrogens (tertiary/aromatic N) is 1. The van der Waals surface area contributed by atoms with Crippen LogP contribution in [0.4, 0.5) is 0 Å². The van der Waals surface area contributed by atoms with Gasteiger partial charge in [0.2, 0.25) is 0 Å². The maximum atomic E-state index is 12.1. The number of carboxylic acids is 1. The summed E-state index contributed by atoms with van der Waals surface area (Å²) in [6, 6.07) is 3.62. The monoisotopic (exact) mass is 252 g/mol. The van der Waals surface area contributed by atoms with Crippen molar-refractivity contribution in [1.82, 2.24) is 9.88 Å². The van der Waals surface area contributed by atoms with E-state index < -0.39 is 11.5 Å². The molecule has 1 aromatic heterocycles. The fraction of sp³-hybridized carbons (Fsp3) is 0.538. The molecular weight excluding hydrogens is 232 g/mol. The van der Waals surface area contributed by atoms with Gasteiger partial charge in [-0.25, -0.2) is 4.79 Å². The molecule has 1 amide bonds. The van der Waals surface area contributed by atoms with Gasteiger partial charge < -0.3 is 15.0 Å². The third kappa shape index (κ3) is 2.72. The van der Waals surface area contributed by atoms with Crippen molar-refractivity contribution in [2.45, 2.75) is 45.7 Å². The van der Waals surface area contributed by atoms with Gasteiger partial charge in [-0.2, -0.15) is 0 Å². The van der Waals surface area contributed by atoms with Crippen LogP contribution in [0.2, 0.25) is 0 Å². The van der Waals surface area contributed by atoms with Gasteiger partial charge in [0.1, 0.15) is 11.2 Å². The molecule has 0 aliphatic heterocycles. The summed E-state index contributed by atoms with van der Waals surface area (Å²) in [4.78, 5) is 23.3. The Balaban J connectivity index is 2.95. The van der Waals surface area contributed by atoms with Gasteiger partial charge in [-0.15, -0.1) is 0 Å². The number of carbonyl (C=O) groups is 2. The molecule has 100 valence electrons. The SMILES string of the molecule is CCC(C)(NC(=O)c1cccn1C(C)C)C(=O)O. The molecule has 0 bridgehead atoms. The van der Waals surface area contributed by atoms with E-state index in [-0.39, 0.29) is 11.9 Å². The number of carbonyl (C=O) groups excluding carboxylic acids is 1. The number of hydrogen-bond acceptors (Lipinski definition) is 2. The standard InChI is InChI=1S/C13H20N2O3/c1-5-13(4,12(17)18)14-11(16)10-7-6-8-15(10)9(2)3/h6-9H,5H2,1-4H3,(H,14,16)(H,17,18). The lowest BCUT2D eigenvalue weighted by Crippen LogP contribution is -2.52. The molecule has 5 heteroatoms. The zero-order valence-corrected chi connectivity index (χ0v) is 11.2. The average molecular weight is 252 g/mol. The highest BCUT2D eigenvalue weighted by molar-refractivity contribution is 5.96. The van der Waals surface area contributed by atoms with Crippen LogP contribution in [0.1, 0.15) is 50.6 Å². The maximum Gasteiger partial charge on any atom is 0.329 e. The third-order valence-corrected chi connectivity index (χ3v) is 3.14. The van der Waals surface area contributed by atoms with Gasteiger partial charge in [0.05, 0.1) is 0 Å². The maximum absolute atomic E-state index is 12.1. The topological polar surface area (TPSA) is 71.3 Å². The molecule has 0 aromatic carbocycles. The van der Waals surface area contributed by atoms with Gasteiger partial charge in [-0.05, 0) is 39.3 Å². The van der Waals surface area contributed by atoms with Crippen LogP contribution in [0.25, 0.3) is 0 Å². The molecular formula is C13H20N2O3. The summed E-state index contributed by atoms with van der Waals surface area (Å²) < 4.78 is 1.81. The largest absolute Gasteiger partial charge is 0.480 e. The second-order valence-corrected chi connectivity index (χ2v) is 4.84. The van der Waals surface area contributed by atoms with E-state index in [9.17, 15) is 9.59 Å². The first kappa shape index (κ1) is 14.3. The predicted molar refractivity (Wildman–Crippen MR) is 68.6 cm³/mol. The first-order valence-corrected chi connectivity index (χ1v) is 6.04. The van der Waals surface area contributed by atoms with Gasteiger partial charge in [-0.3, -0.25) is 4.79 Å². The van der Waals surface area contributed by atoms with Crippen molar-refractivity contribution in [3.63, 3.8) is 0 Å². The average Bonchev–Trinajstić information content (AvgIpc) is 2.77. The second kappa shape index (κ2) is 5.25. The first-order chi connectivity index (χ1) is 8.31. The van der Waals surface area contributed by atoms with Crippen LogP contribution in [0.5, 0.6) is 0 Å². The van der Waals surface area contributed by atoms with Gasteiger partial charge in [0.25, 0.3) is 5.91 Å². The number of nitrogens with one attached hydrogen (secondary N) is 1. The molecule has 5 nitrogen and oxygen atoms in total. The molecule has 18 heavy (non-hydrogen) atoms. The Kier molecular flexibility index (Phi) is 4.16. The molecule has 0 fully saturated rings. The Bertz CT molecular complexity index is 451. The molecule has 0 radical (unpaired) electrons. The van der Waals surface area contributed by atoms with Crippen LogP contribution in [0, 0.1) is 0 Å². The minimum Gasteiger partial charge on any atom is -0.480 e. The quantitative estimate of drug-likeness (QED) is 0.842. The van der Waals surface area contributed by atoms with Crippen molar-refractivity contribution >= 4 is 11.9 Å². The van der Waals surface area contributed by atoms with E-state index >= 15 is 0 Å². The minimum atomic E-state index is -1.23. The van der Waals surface area contributed by atoms with Crippen molar-refractivity contribution in [2.24, 2.45) is 0 Å². The Labute approximate surface area is 107 Å². The molecule has 0 spiro atoms. The van der Waals surface area contributed by atoms with Gasteiger partial charge in [-0.1, -0.05) is 6.92 Å². The molecule has 2 N–H and O–H groups in total. The molecule has 1 aromatic rings. The van der Waals surface area contributed by atoms with Crippen molar-refractivity contribution in [1.29, 1.82) is 0 Å². The van der Waals surface area contributed by atoms with Crippen molar-refractivity contribution < 1.29 is 14.7 Å². The van der Waals surface area contributed by atoms with E-state index in [1.165, 1.54) is 6.92 Å². The zero-order chi connectivity index (χ0) is 13.9. The summed E-state index contributed by atoms with van der Waals surface area (Å²) in [6.07, 6.45) is 2.14. The van der Waals surface area contributed by atoms with Crippen LogP contribution in [0.15, 0.2) is 18.3 Å². The zero-order valence-electron chi connectivity index (χ0n) is 11.2. The second-order valence-electron chi connectivity index (χ2n) is 4.84. The molecule has 1 unspecified atom stereocenters. The number of aromatic nitrogens is 1. The van der Waals surface area contributed by atoms with E-state index in [4.69, 9.17) is 5.11 Å². The van der Waals surface area contributed by atoms with Crippen molar-refractivity contribution in [3.8, 4) is 0 Å². The first-order valence-electron chi connectivity index (χ1n) is 6.04. The summed E-state index contributed by atoms with van der Waals surface area (Å²) in [5, 5.41) is 11.7. The van der Waals surface area contributed by atoms with Crippen molar-refractivity contribution in [2.75, 3.05) is 0 Å². The van der Waals surface area contributed by atoms with Crippen LogP contribution in [-0.2, 0) is 4.79 Å². The van der Waals surface area contributed by atoms with Gasteiger partial charge in [0.15, 0.2) is 0 Å². The third-order valence-electron chi connectivity index (χ3n) is 3.14. The van der Waals surface area contributed by atoms with Crippen molar-refractivity contribution in [3.05, 3.63) is 24.0 Å². The van der Waals surface area contributed by atoms with E-state index in [0.29, 0.717) is 12.1 Å². The predicted octanol–water partition coefficient (Wildman–Crippen LogP) is 2.05. The van der Waals surface area contributed by atoms with Gasteiger partial charge >= 0.3 is 5.97 Å². The van der Waals surface area contributed by atoms with E-state index in [0.717, 1.165) is 0 Å². The molecule has 1 rings (SSSR count). The number of hydrogen-bond donors (Lipinski definition) is 2. The highest BCUT2D eigenvalue weighted by Gasteiger charge is 2.33. The molecule has 0 saturated heterocycles.